The van der Waals surface area contributed by atoms with Crippen molar-refractivity contribution < 1.29 is 4.74 Å². The monoisotopic (exact) mass is 366 g/mol. The van der Waals surface area contributed by atoms with Crippen LogP contribution in [0.15, 0.2) is 24.3 Å². The molecule has 0 unspecified atom stereocenters. The summed E-state index contributed by atoms with van der Waals surface area (Å²) in [6.45, 7) is 4.52. The highest BCUT2D eigenvalue weighted by molar-refractivity contribution is 5.51. The maximum atomic E-state index is 5.39. The zero-order valence-electron chi connectivity index (χ0n) is 16.3. The molecule has 2 aliphatic heterocycles. The lowest BCUT2D eigenvalue weighted by Crippen LogP contribution is -2.46. The fourth-order valence-corrected chi connectivity index (χ4v) is 4.97. The van der Waals surface area contributed by atoms with Gasteiger partial charge in [0.1, 0.15) is 5.75 Å². The molecule has 0 radical (unpaired) electrons. The SMILES string of the molecule is COc1cccc(N2CCC(N3CCc4[nH]nc(C5CCC5)c4C3)CC2)c1. The molecule has 2 aromatic rings. The molecule has 1 aromatic heterocycles. The maximum absolute atomic E-state index is 5.39. The molecule has 0 spiro atoms. The van der Waals surface area contributed by atoms with E-state index in [0.29, 0.717) is 6.04 Å². The number of H-pyrrole nitrogens is 1. The summed E-state index contributed by atoms with van der Waals surface area (Å²) in [7, 11) is 1.74. The lowest BCUT2D eigenvalue weighted by Gasteiger charge is -2.41. The van der Waals surface area contributed by atoms with Crippen LogP contribution >= 0.6 is 0 Å². The first-order valence-corrected chi connectivity index (χ1v) is 10.5. The van der Waals surface area contributed by atoms with Crippen molar-refractivity contribution in [3.05, 3.63) is 41.2 Å². The largest absolute Gasteiger partial charge is 0.497 e. The zero-order valence-corrected chi connectivity index (χ0v) is 16.3. The van der Waals surface area contributed by atoms with E-state index in [1.54, 1.807) is 7.11 Å². The smallest absolute Gasteiger partial charge is 0.120 e. The van der Waals surface area contributed by atoms with E-state index in [1.807, 2.05) is 6.07 Å². The number of fused-ring (bicyclic) bond motifs is 1. The van der Waals surface area contributed by atoms with E-state index in [1.165, 1.54) is 61.3 Å². The lowest BCUT2D eigenvalue weighted by atomic mass is 9.80. The van der Waals surface area contributed by atoms with Gasteiger partial charge in [0.2, 0.25) is 0 Å². The van der Waals surface area contributed by atoms with Crippen LogP contribution in [0.2, 0.25) is 0 Å². The number of hydrogen-bond acceptors (Lipinski definition) is 4. The maximum Gasteiger partial charge on any atom is 0.120 e. The molecule has 0 bridgehead atoms. The molecule has 1 aromatic carbocycles. The highest BCUT2D eigenvalue weighted by atomic mass is 16.5. The van der Waals surface area contributed by atoms with Crippen molar-refractivity contribution in [3.63, 3.8) is 0 Å². The molecule has 3 heterocycles. The number of rotatable bonds is 4. The first-order valence-electron chi connectivity index (χ1n) is 10.5. The van der Waals surface area contributed by atoms with Crippen molar-refractivity contribution in [2.75, 3.05) is 31.6 Å². The summed E-state index contributed by atoms with van der Waals surface area (Å²) in [5.41, 5.74) is 5.61. The minimum atomic E-state index is 0.698. The molecule has 1 saturated heterocycles. The summed E-state index contributed by atoms with van der Waals surface area (Å²) in [6, 6.07) is 9.17. The van der Waals surface area contributed by atoms with E-state index in [0.717, 1.165) is 37.7 Å². The first kappa shape index (κ1) is 17.1. The number of nitrogens with zero attached hydrogens (tertiary/aromatic N) is 3. The lowest BCUT2D eigenvalue weighted by molar-refractivity contribution is 0.152. The number of anilines is 1. The van der Waals surface area contributed by atoms with Crippen molar-refractivity contribution in [2.45, 2.75) is 57.0 Å². The van der Waals surface area contributed by atoms with Crippen LogP contribution in [0.4, 0.5) is 5.69 Å². The number of aromatic nitrogens is 2. The van der Waals surface area contributed by atoms with Crippen molar-refractivity contribution in [3.8, 4) is 5.75 Å². The topological polar surface area (TPSA) is 44.4 Å². The molecule has 1 aliphatic carbocycles. The van der Waals surface area contributed by atoms with Gasteiger partial charge in [-0.3, -0.25) is 10.00 Å². The van der Waals surface area contributed by atoms with Gasteiger partial charge in [0.25, 0.3) is 0 Å². The number of ether oxygens (including phenoxy) is 1. The van der Waals surface area contributed by atoms with Gasteiger partial charge in [-0.15, -0.1) is 0 Å². The van der Waals surface area contributed by atoms with E-state index in [9.17, 15) is 0 Å². The van der Waals surface area contributed by atoms with Crippen LogP contribution in [0, 0.1) is 0 Å². The van der Waals surface area contributed by atoms with Crippen molar-refractivity contribution in [1.29, 1.82) is 0 Å². The minimum absolute atomic E-state index is 0.698. The summed E-state index contributed by atoms with van der Waals surface area (Å²) in [5, 5.41) is 8.04. The Morgan fingerprint density at radius 3 is 2.70 bits per heavy atom. The molecule has 5 rings (SSSR count). The Kier molecular flexibility index (Phi) is 4.56. The Bertz CT molecular complexity index is 789. The summed E-state index contributed by atoms with van der Waals surface area (Å²) < 4.78 is 5.39. The van der Waals surface area contributed by atoms with E-state index in [-0.39, 0.29) is 0 Å². The second-order valence-corrected chi connectivity index (χ2v) is 8.33. The van der Waals surface area contributed by atoms with Gasteiger partial charge in [0.05, 0.1) is 12.8 Å². The average Bonchev–Trinajstić information content (AvgIpc) is 3.10. The molecule has 5 nitrogen and oxygen atoms in total. The van der Waals surface area contributed by atoms with Gasteiger partial charge in [-0.25, -0.2) is 0 Å². The average molecular weight is 367 g/mol. The fourth-order valence-electron chi connectivity index (χ4n) is 4.97. The zero-order chi connectivity index (χ0) is 18.2. The van der Waals surface area contributed by atoms with Crippen molar-refractivity contribution in [2.24, 2.45) is 0 Å². The Morgan fingerprint density at radius 2 is 1.96 bits per heavy atom. The van der Waals surface area contributed by atoms with Crippen LogP contribution < -0.4 is 9.64 Å². The predicted octanol–water partition coefficient (Wildman–Crippen LogP) is 3.71. The highest BCUT2D eigenvalue weighted by Crippen LogP contribution is 2.39. The minimum Gasteiger partial charge on any atom is -0.497 e. The Morgan fingerprint density at radius 1 is 1.11 bits per heavy atom. The molecule has 1 saturated carbocycles. The second kappa shape index (κ2) is 7.19. The standard InChI is InChI=1S/C22H30N4O/c1-27-19-7-3-6-18(14-19)25-11-8-17(9-12-25)26-13-10-21-20(15-26)22(24-23-21)16-4-2-5-16/h3,6-7,14,16-17H,2,4-5,8-13,15H2,1H3,(H,23,24). The third-order valence-corrected chi connectivity index (χ3v) is 6.89. The Balaban J connectivity index is 1.23. The highest BCUT2D eigenvalue weighted by Gasteiger charge is 2.32. The summed E-state index contributed by atoms with van der Waals surface area (Å²) in [6.07, 6.45) is 7.64. The molecule has 1 N–H and O–H groups in total. The van der Waals surface area contributed by atoms with Gasteiger partial charge in [0.15, 0.2) is 0 Å². The molecule has 3 aliphatic rings. The normalized spacial score (nSPS) is 21.7. The molecule has 27 heavy (non-hydrogen) atoms. The fraction of sp³-hybridized carbons (Fsp3) is 0.591. The third-order valence-electron chi connectivity index (χ3n) is 6.89. The molecule has 144 valence electrons. The van der Waals surface area contributed by atoms with Crippen molar-refractivity contribution in [1.82, 2.24) is 15.1 Å². The van der Waals surface area contributed by atoms with E-state index >= 15 is 0 Å². The van der Waals surface area contributed by atoms with Crippen LogP contribution in [0.25, 0.3) is 0 Å². The molecule has 0 atom stereocenters. The van der Waals surface area contributed by atoms with Crippen LogP contribution in [0.1, 0.15) is 55.0 Å². The van der Waals surface area contributed by atoms with Gasteiger partial charge < -0.3 is 9.64 Å². The molecule has 2 fully saturated rings. The van der Waals surface area contributed by atoms with Crippen LogP contribution in [0.5, 0.6) is 5.75 Å². The van der Waals surface area contributed by atoms with E-state index in [4.69, 9.17) is 9.84 Å². The number of piperidine rings is 1. The molecular formula is C22H30N4O. The van der Waals surface area contributed by atoms with E-state index < -0.39 is 0 Å². The van der Waals surface area contributed by atoms with Gasteiger partial charge in [0, 0.05) is 67.6 Å². The Labute approximate surface area is 161 Å². The first-order chi connectivity index (χ1) is 13.3. The second-order valence-electron chi connectivity index (χ2n) is 8.33. The van der Waals surface area contributed by atoms with Crippen molar-refractivity contribution >= 4 is 5.69 Å². The van der Waals surface area contributed by atoms with Crippen LogP contribution in [-0.4, -0.2) is 47.9 Å². The van der Waals surface area contributed by atoms with Gasteiger partial charge in [-0.1, -0.05) is 12.5 Å². The Hall–Kier alpha value is -2.01. The summed E-state index contributed by atoms with van der Waals surface area (Å²) >= 11 is 0. The number of hydrogen-bond donors (Lipinski definition) is 1. The van der Waals surface area contributed by atoms with Crippen LogP contribution in [0.3, 0.4) is 0 Å². The van der Waals surface area contributed by atoms with Gasteiger partial charge >= 0.3 is 0 Å². The molecule has 5 heteroatoms. The summed E-state index contributed by atoms with van der Waals surface area (Å²) in [4.78, 5) is 5.23. The predicted molar refractivity (Wildman–Crippen MR) is 108 cm³/mol. The molecular weight excluding hydrogens is 336 g/mol. The van der Waals surface area contributed by atoms with Crippen LogP contribution in [-0.2, 0) is 13.0 Å². The van der Waals surface area contributed by atoms with Gasteiger partial charge in [-0.05, 0) is 37.8 Å². The number of aromatic amines is 1. The number of nitrogens with one attached hydrogen (secondary N) is 1. The summed E-state index contributed by atoms with van der Waals surface area (Å²) in [5.74, 6) is 1.67. The quantitative estimate of drug-likeness (QED) is 0.896. The third kappa shape index (κ3) is 3.22. The van der Waals surface area contributed by atoms with Gasteiger partial charge in [-0.2, -0.15) is 5.10 Å². The van der Waals surface area contributed by atoms with E-state index in [2.05, 4.69) is 33.1 Å². The number of benzene rings is 1. The molecule has 0 amide bonds. The number of methoxy groups -OCH3 is 1.